The fourth-order valence-electron chi connectivity index (χ4n) is 1.79. The van der Waals surface area contributed by atoms with E-state index in [1.807, 2.05) is 0 Å². The van der Waals surface area contributed by atoms with E-state index in [-0.39, 0.29) is 24.8 Å². The van der Waals surface area contributed by atoms with Gasteiger partial charge in [-0.25, -0.2) is 4.39 Å². The van der Waals surface area contributed by atoms with Crippen LogP contribution in [0.5, 0.6) is 5.75 Å². The second-order valence-corrected chi connectivity index (χ2v) is 4.36. The number of nitrogens with one attached hydrogen (secondary N) is 1. The molecular formula is C13H14FNO4. The van der Waals surface area contributed by atoms with Crippen LogP contribution >= 0.6 is 0 Å². The maximum Gasteiger partial charge on any atom is 0.307 e. The molecule has 1 saturated carbocycles. The Morgan fingerprint density at radius 1 is 1.37 bits per heavy atom. The first-order valence-electron chi connectivity index (χ1n) is 5.97. The summed E-state index contributed by atoms with van der Waals surface area (Å²) < 4.78 is 18.3. The van der Waals surface area contributed by atoms with Crippen molar-refractivity contribution in [2.45, 2.75) is 6.42 Å². The molecule has 1 aliphatic carbocycles. The largest absolute Gasteiger partial charge is 0.489 e. The molecule has 0 aliphatic heterocycles. The summed E-state index contributed by atoms with van der Waals surface area (Å²) in [5.41, 5.74) is 0. The number of para-hydroxylation sites is 1. The van der Waals surface area contributed by atoms with Gasteiger partial charge >= 0.3 is 5.97 Å². The summed E-state index contributed by atoms with van der Waals surface area (Å²) in [6.07, 6.45) is 0.384. The summed E-state index contributed by atoms with van der Waals surface area (Å²) in [4.78, 5) is 22.1. The minimum absolute atomic E-state index is 0.131. The van der Waals surface area contributed by atoms with E-state index in [0.717, 1.165) is 0 Å². The van der Waals surface area contributed by atoms with E-state index in [9.17, 15) is 14.0 Å². The maximum atomic E-state index is 13.2. The predicted octanol–water partition coefficient (Wildman–Crippen LogP) is 1.04. The normalized spacial score (nSPS) is 20.7. The van der Waals surface area contributed by atoms with Crippen LogP contribution in [0.1, 0.15) is 6.42 Å². The number of rotatable bonds is 6. The van der Waals surface area contributed by atoms with Gasteiger partial charge in [-0.1, -0.05) is 12.1 Å². The fourth-order valence-corrected chi connectivity index (χ4v) is 1.79. The molecule has 2 N–H and O–H groups in total. The standard InChI is InChI=1S/C13H14FNO4/c14-10-3-1-2-4-11(10)19-6-5-15-12(16)8-7-9(8)13(17)18/h1-4,8-9H,5-7H2,(H,15,16)(H,17,18). The lowest BCUT2D eigenvalue weighted by molar-refractivity contribution is -0.140. The number of halogens is 1. The highest BCUT2D eigenvalue weighted by Crippen LogP contribution is 2.38. The van der Waals surface area contributed by atoms with E-state index < -0.39 is 23.6 Å². The Labute approximate surface area is 109 Å². The van der Waals surface area contributed by atoms with Gasteiger partial charge in [-0.15, -0.1) is 0 Å². The molecule has 1 aliphatic rings. The van der Waals surface area contributed by atoms with E-state index in [2.05, 4.69) is 5.32 Å². The van der Waals surface area contributed by atoms with Crippen molar-refractivity contribution in [3.63, 3.8) is 0 Å². The van der Waals surface area contributed by atoms with Crippen molar-refractivity contribution >= 4 is 11.9 Å². The van der Waals surface area contributed by atoms with Crippen LogP contribution in [0.3, 0.4) is 0 Å². The third-order valence-corrected chi connectivity index (χ3v) is 2.94. The Kier molecular flexibility index (Phi) is 3.99. The zero-order valence-corrected chi connectivity index (χ0v) is 10.1. The Bertz CT molecular complexity index is 491. The van der Waals surface area contributed by atoms with Gasteiger partial charge in [0.25, 0.3) is 0 Å². The van der Waals surface area contributed by atoms with Crippen molar-refractivity contribution < 1.29 is 23.8 Å². The first-order valence-corrected chi connectivity index (χ1v) is 5.97. The molecule has 2 atom stereocenters. The van der Waals surface area contributed by atoms with Gasteiger partial charge in [0, 0.05) is 0 Å². The first-order chi connectivity index (χ1) is 9.09. The first kappa shape index (κ1) is 13.3. The van der Waals surface area contributed by atoms with E-state index in [0.29, 0.717) is 6.42 Å². The van der Waals surface area contributed by atoms with Crippen LogP contribution in [-0.4, -0.2) is 30.1 Å². The number of carboxylic acid groups (broad SMARTS) is 1. The lowest BCUT2D eigenvalue weighted by Gasteiger charge is -2.08. The number of aliphatic carboxylic acids is 1. The number of hydrogen-bond donors (Lipinski definition) is 2. The minimum Gasteiger partial charge on any atom is -0.489 e. The van der Waals surface area contributed by atoms with E-state index in [1.54, 1.807) is 12.1 Å². The molecule has 0 heterocycles. The highest BCUT2D eigenvalue weighted by molar-refractivity contribution is 5.89. The van der Waals surface area contributed by atoms with Gasteiger partial charge < -0.3 is 15.2 Å². The third kappa shape index (κ3) is 3.43. The lowest BCUT2D eigenvalue weighted by atomic mass is 10.3. The molecule has 0 aromatic heterocycles. The molecule has 1 aromatic carbocycles. The maximum absolute atomic E-state index is 13.2. The third-order valence-electron chi connectivity index (χ3n) is 2.94. The van der Waals surface area contributed by atoms with E-state index >= 15 is 0 Å². The van der Waals surface area contributed by atoms with Crippen LogP contribution in [-0.2, 0) is 9.59 Å². The quantitative estimate of drug-likeness (QED) is 0.755. The summed E-state index contributed by atoms with van der Waals surface area (Å²) in [7, 11) is 0. The van der Waals surface area contributed by atoms with E-state index in [1.165, 1.54) is 12.1 Å². The lowest BCUT2D eigenvalue weighted by Crippen LogP contribution is -2.30. The van der Waals surface area contributed by atoms with E-state index in [4.69, 9.17) is 9.84 Å². The summed E-state index contributed by atoms with van der Waals surface area (Å²) in [5, 5.41) is 11.2. The highest BCUT2D eigenvalue weighted by atomic mass is 19.1. The molecule has 2 unspecified atom stereocenters. The smallest absolute Gasteiger partial charge is 0.307 e. The predicted molar refractivity (Wildman–Crippen MR) is 64.1 cm³/mol. The van der Waals surface area contributed by atoms with Crippen molar-refractivity contribution in [1.29, 1.82) is 0 Å². The van der Waals surface area contributed by atoms with Crippen LogP contribution in [0.15, 0.2) is 24.3 Å². The molecular weight excluding hydrogens is 253 g/mol. The number of benzene rings is 1. The van der Waals surface area contributed by atoms with Gasteiger partial charge in [-0.05, 0) is 18.6 Å². The Morgan fingerprint density at radius 2 is 2.11 bits per heavy atom. The topological polar surface area (TPSA) is 75.6 Å². The Morgan fingerprint density at radius 3 is 2.74 bits per heavy atom. The molecule has 0 bridgehead atoms. The van der Waals surface area contributed by atoms with Crippen molar-refractivity contribution in [3.8, 4) is 5.75 Å². The van der Waals surface area contributed by atoms with Crippen molar-refractivity contribution in [3.05, 3.63) is 30.1 Å². The second kappa shape index (κ2) is 5.69. The number of carbonyl (C=O) groups is 2. The van der Waals surface area contributed by atoms with Crippen molar-refractivity contribution in [2.24, 2.45) is 11.8 Å². The fraction of sp³-hybridized carbons (Fsp3) is 0.385. The Balaban J connectivity index is 1.66. The van der Waals surface area contributed by atoms with Crippen LogP contribution in [0.2, 0.25) is 0 Å². The molecule has 19 heavy (non-hydrogen) atoms. The molecule has 6 heteroatoms. The number of carboxylic acids is 1. The average molecular weight is 267 g/mol. The zero-order chi connectivity index (χ0) is 13.8. The number of amides is 1. The van der Waals surface area contributed by atoms with Gasteiger partial charge in [-0.2, -0.15) is 0 Å². The SMILES string of the molecule is O=C(O)C1CC1C(=O)NCCOc1ccccc1F. The summed E-state index contributed by atoms with van der Waals surface area (Å²) in [6, 6.07) is 6.00. The molecule has 102 valence electrons. The number of ether oxygens (including phenoxy) is 1. The summed E-state index contributed by atoms with van der Waals surface area (Å²) >= 11 is 0. The molecule has 0 saturated heterocycles. The van der Waals surface area contributed by atoms with Crippen molar-refractivity contribution in [1.82, 2.24) is 5.32 Å². The van der Waals surface area contributed by atoms with Gasteiger partial charge in [0.05, 0.1) is 18.4 Å². The van der Waals surface area contributed by atoms with Gasteiger partial charge in [0.1, 0.15) is 6.61 Å². The molecule has 5 nitrogen and oxygen atoms in total. The van der Waals surface area contributed by atoms with Crippen LogP contribution in [0, 0.1) is 17.7 Å². The zero-order valence-electron chi connectivity index (χ0n) is 10.1. The van der Waals surface area contributed by atoms with Gasteiger partial charge in [-0.3, -0.25) is 9.59 Å². The van der Waals surface area contributed by atoms with Crippen molar-refractivity contribution in [2.75, 3.05) is 13.2 Å². The van der Waals surface area contributed by atoms with Crippen LogP contribution in [0.25, 0.3) is 0 Å². The molecule has 0 spiro atoms. The minimum atomic E-state index is -0.942. The van der Waals surface area contributed by atoms with Gasteiger partial charge in [0.2, 0.25) is 5.91 Å². The van der Waals surface area contributed by atoms with Crippen LogP contribution in [0.4, 0.5) is 4.39 Å². The molecule has 1 amide bonds. The summed E-state index contributed by atoms with van der Waals surface area (Å²) in [5.74, 6) is -2.56. The molecule has 1 aromatic rings. The summed E-state index contributed by atoms with van der Waals surface area (Å²) in [6.45, 7) is 0.354. The molecule has 1 fully saturated rings. The van der Waals surface area contributed by atoms with Gasteiger partial charge in [0.15, 0.2) is 11.6 Å². The average Bonchev–Trinajstić information content (AvgIpc) is 3.16. The highest BCUT2D eigenvalue weighted by Gasteiger charge is 2.48. The number of hydrogen-bond acceptors (Lipinski definition) is 3. The molecule has 2 rings (SSSR count). The second-order valence-electron chi connectivity index (χ2n) is 4.36. The number of carbonyl (C=O) groups excluding carboxylic acids is 1. The molecule has 0 radical (unpaired) electrons. The van der Waals surface area contributed by atoms with Crippen LogP contribution < -0.4 is 10.1 Å². The Hall–Kier alpha value is -2.11. The monoisotopic (exact) mass is 267 g/mol.